The van der Waals surface area contributed by atoms with Crippen LogP contribution in [0.25, 0.3) is 0 Å². The minimum absolute atomic E-state index is 0.0358. The van der Waals surface area contributed by atoms with E-state index in [1.807, 2.05) is 6.92 Å². The fraction of sp³-hybridized carbons (Fsp3) is 0.308. The molecule has 0 bridgehead atoms. The first-order chi connectivity index (χ1) is 8.49. The molecular formula is C13H14N2O3. The van der Waals surface area contributed by atoms with Gasteiger partial charge in [-0.1, -0.05) is 18.9 Å². The molecule has 1 aromatic carbocycles. The van der Waals surface area contributed by atoms with Gasteiger partial charge in [0.05, 0.1) is 11.0 Å². The summed E-state index contributed by atoms with van der Waals surface area (Å²) in [5.41, 5.74) is 0.596. The topological polar surface area (TPSA) is 72.2 Å². The molecule has 0 radical (unpaired) electrons. The van der Waals surface area contributed by atoms with Crippen molar-refractivity contribution in [2.45, 2.75) is 26.3 Å². The van der Waals surface area contributed by atoms with Gasteiger partial charge in [0.15, 0.2) is 0 Å². The van der Waals surface area contributed by atoms with E-state index in [2.05, 4.69) is 11.2 Å². The monoisotopic (exact) mass is 246 g/mol. The summed E-state index contributed by atoms with van der Waals surface area (Å²) < 4.78 is 0. The third-order valence-electron chi connectivity index (χ3n) is 2.51. The molecule has 0 fully saturated rings. The van der Waals surface area contributed by atoms with Crippen molar-refractivity contribution in [1.29, 1.82) is 0 Å². The number of carbonyl (C=O) groups is 1. The van der Waals surface area contributed by atoms with Crippen LogP contribution in [-0.4, -0.2) is 16.9 Å². The first kappa shape index (κ1) is 13.7. The number of aryl methyl sites for hydroxylation is 1. The molecule has 1 atom stereocenters. The van der Waals surface area contributed by atoms with Crippen LogP contribution >= 0.6 is 0 Å². The number of nitrogens with zero attached hydrogens (tertiary/aromatic N) is 1. The number of terminal acetylenes is 1. The molecule has 0 aliphatic carbocycles. The van der Waals surface area contributed by atoms with Gasteiger partial charge in [-0.2, -0.15) is 0 Å². The van der Waals surface area contributed by atoms with Gasteiger partial charge in [-0.25, -0.2) is 0 Å². The molecule has 1 unspecified atom stereocenters. The van der Waals surface area contributed by atoms with Crippen molar-refractivity contribution in [2.24, 2.45) is 0 Å². The second kappa shape index (κ2) is 5.82. The van der Waals surface area contributed by atoms with Gasteiger partial charge in [0.25, 0.3) is 11.6 Å². The van der Waals surface area contributed by atoms with E-state index in [-0.39, 0.29) is 11.3 Å². The van der Waals surface area contributed by atoms with Crippen molar-refractivity contribution in [3.8, 4) is 12.3 Å². The Morgan fingerprint density at radius 3 is 2.78 bits per heavy atom. The van der Waals surface area contributed by atoms with Crippen molar-refractivity contribution in [1.82, 2.24) is 5.32 Å². The molecule has 0 aromatic heterocycles. The van der Waals surface area contributed by atoms with Crippen LogP contribution in [0.5, 0.6) is 0 Å². The van der Waals surface area contributed by atoms with Gasteiger partial charge in [-0.05, 0) is 25.0 Å². The predicted octanol–water partition coefficient (Wildman–Crippen LogP) is 2.04. The fourth-order valence-electron chi connectivity index (χ4n) is 1.49. The average molecular weight is 246 g/mol. The van der Waals surface area contributed by atoms with E-state index in [4.69, 9.17) is 6.42 Å². The maximum Gasteiger partial charge on any atom is 0.282 e. The molecule has 0 saturated carbocycles. The zero-order valence-electron chi connectivity index (χ0n) is 10.3. The molecule has 0 aliphatic rings. The van der Waals surface area contributed by atoms with Crippen LogP contribution in [0.4, 0.5) is 5.69 Å². The number of hydrogen-bond acceptors (Lipinski definition) is 3. The Morgan fingerprint density at radius 1 is 1.61 bits per heavy atom. The van der Waals surface area contributed by atoms with Crippen molar-refractivity contribution < 1.29 is 9.72 Å². The highest BCUT2D eigenvalue weighted by molar-refractivity contribution is 5.98. The number of rotatable bonds is 4. The lowest BCUT2D eigenvalue weighted by molar-refractivity contribution is -0.385. The number of carbonyl (C=O) groups excluding carboxylic acids is 1. The lowest BCUT2D eigenvalue weighted by Crippen LogP contribution is -2.33. The van der Waals surface area contributed by atoms with Gasteiger partial charge in [-0.15, -0.1) is 6.42 Å². The van der Waals surface area contributed by atoms with E-state index < -0.39 is 16.9 Å². The molecule has 1 N–H and O–H groups in total. The maximum absolute atomic E-state index is 11.9. The summed E-state index contributed by atoms with van der Waals surface area (Å²) in [6.07, 6.45) is 5.81. The van der Waals surface area contributed by atoms with Gasteiger partial charge in [0.1, 0.15) is 5.56 Å². The molecule has 0 aliphatic heterocycles. The number of nitro benzene ring substituents is 1. The Bertz CT molecular complexity index is 517. The zero-order chi connectivity index (χ0) is 13.7. The van der Waals surface area contributed by atoms with E-state index in [1.54, 1.807) is 13.0 Å². The Balaban J connectivity index is 3.08. The Morgan fingerprint density at radius 2 is 2.28 bits per heavy atom. The first-order valence-corrected chi connectivity index (χ1v) is 5.51. The Hall–Kier alpha value is -2.35. The fourth-order valence-corrected chi connectivity index (χ4v) is 1.49. The molecule has 1 rings (SSSR count). The van der Waals surface area contributed by atoms with Crippen LogP contribution in [0.3, 0.4) is 0 Å². The second-order valence-electron chi connectivity index (χ2n) is 3.88. The molecule has 94 valence electrons. The van der Waals surface area contributed by atoms with Crippen molar-refractivity contribution >= 4 is 11.6 Å². The molecule has 5 nitrogen and oxygen atoms in total. The van der Waals surface area contributed by atoms with Gasteiger partial charge in [-0.3, -0.25) is 14.9 Å². The summed E-state index contributed by atoms with van der Waals surface area (Å²) in [6.45, 7) is 3.59. The molecule has 1 amide bonds. The van der Waals surface area contributed by atoms with E-state index in [0.717, 1.165) is 5.56 Å². The lowest BCUT2D eigenvalue weighted by Gasteiger charge is -2.11. The van der Waals surface area contributed by atoms with Crippen LogP contribution in [0, 0.1) is 29.4 Å². The SMILES string of the molecule is C#CC(CC)NC(=O)c1cc(C)ccc1[N+](=O)[O-]. The first-order valence-electron chi connectivity index (χ1n) is 5.51. The highest BCUT2D eigenvalue weighted by Crippen LogP contribution is 2.19. The largest absolute Gasteiger partial charge is 0.338 e. The third-order valence-corrected chi connectivity index (χ3v) is 2.51. The van der Waals surface area contributed by atoms with E-state index >= 15 is 0 Å². The van der Waals surface area contributed by atoms with Gasteiger partial charge < -0.3 is 5.32 Å². The minimum Gasteiger partial charge on any atom is -0.338 e. The summed E-state index contributed by atoms with van der Waals surface area (Å²) in [5.74, 6) is 1.90. The van der Waals surface area contributed by atoms with Crippen LogP contribution in [0.2, 0.25) is 0 Å². The summed E-state index contributed by atoms with van der Waals surface area (Å²) in [7, 11) is 0. The van der Waals surface area contributed by atoms with Crippen molar-refractivity contribution in [2.75, 3.05) is 0 Å². The summed E-state index contributed by atoms with van der Waals surface area (Å²) in [5, 5.41) is 13.4. The predicted molar refractivity (Wildman–Crippen MR) is 68.2 cm³/mol. The highest BCUT2D eigenvalue weighted by Gasteiger charge is 2.21. The number of hydrogen-bond donors (Lipinski definition) is 1. The number of amides is 1. The number of benzene rings is 1. The van der Waals surface area contributed by atoms with E-state index in [1.165, 1.54) is 12.1 Å². The molecule has 5 heteroatoms. The van der Waals surface area contributed by atoms with Crippen LogP contribution in [0.15, 0.2) is 18.2 Å². The third kappa shape index (κ3) is 3.08. The summed E-state index contributed by atoms with van der Waals surface area (Å²) >= 11 is 0. The second-order valence-corrected chi connectivity index (χ2v) is 3.88. The van der Waals surface area contributed by atoms with E-state index in [0.29, 0.717) is 6.42 Å². The van der Waals surface area contributed by atoms with Crippen molar-refractivity contribution in [3.63, 3.8) is 0 Å². The van der Waals surface area contributed by atoms with E-state index in [9.17, 15) is 14.9 Å². The number of nitro groups is 1. The van der Waals surface area contributed by atoms with Crippen LogP contribution < -0.4 is 5.32 Å². The lowest BCUT2D eigenvalue weighted by atomic mass is 10.1. The van der Waals surface area contributed by atoms with Crippen LogP contribution in [-0.2, 0) is 0 Å². The average Bonchev–Trinajstić information content (AvgIpc) is 2.35. The van der Waals surface area contributed by atoms with Crippen molar-refractivity contribution in [3.05, 3.63) is 39.4 Å². The summed E-state index contributed by atoms with van der Waals surface area (Å²) in [6, 6.07) is 3.98. The van der Waals surface area contributed by atoms with Gasteiger partial charge in [0, 0.05) is 6.07 Å². The molecule has 18 heavy (non-hydrogen) atoms. The number of nitrogens with one attached hydrogen (secondary N) is 1. The summed E-state index contributed by atoms with van der Waals surface area (Å²) in [4.78, 5) is 22.2. The molecular weight excluding hydrogens is 232 g/mol. The molecule has 1 aromatic rings. The van der Waals surface area contributed by atoms with Gasteiger partial charge >= 0.3 is 0 Å². The maximum atomic E-state index is 11.9. The zero-order valence-corrected chi connectivity index (χ0v) is 10.3. The Kier molecular flexibility index (Phi) is 4.44. The quantitative estimate of drug-likeness (QED) is 0.502. The minimum atomic E-state index is -0.578. The standard InChI is InChI=1S/C13H14N2O3/c1-4-10(5-2)14-13(16)11-8-9(3)6-7-12(11)15(17)18/h1,6-8,10H,5H2,2-3H3,(H,14,16). The highest BCUT2D eigenvalue weighted by atomic mass is 16.6. The Labute approximate surface area is 105 Å². The molecule has 0 heterocycles. The van der Waals surface area contributed by atoms with Crippen LogP contribution in [0.1, 0.15) is 29.3 Å². The smallest absolute Gasteiger partial charge is 0.282 e. The normalized spacial score (nSPS) is 11.4. The molecule has 0 spiro atoms. The van der Waals surface area contributed by atoms with Gasteiger partial charge in [0.2, 0.25) is 0 Å². The molecule has 0 saturated heterocycles.